The molecule has 0 spiro atoms. The van der Waals surface area contributed by atoms with Crippen molar-refractivity contribution in [3.05, 3.63) is 211 Å². The topological polar surface area (TPSA) is 16.4 Å². The van der Waals surface area contributed by atoms with Crippen LogP contribution in [0.4, 0.5) is 17.1 Å². The van der Waals surface area contributed by atoms with Gasteiger partial charge in [-0.2, -0.15) is 0 Å². The lowest BCUT2D eigenvalue weighted by molar-refractivity contribution is 0.660. The minimum atomic E-state index is -0.165. The van der Waals surface area contributed by atoms with Crippen molar-refractivity contribution in [2.75, 3.05) is 4.90 Å². The summed E-state index contributed by atoms with van der Waals surface area (Å²) in [6, 6.07) is 73.6. The highest BCUT2D eigenvalue weighted by atomic mass is 16.3. The highest BCUT2D eigenvalue weighted by molar-refractivity contribution is 6.25. The largest absolute Gasteiger partial charge is 0.453 e. The summed E-state index contributed by atoms with van der Waals surface area (Å²) in [6.45, 7) is 4.72. The predicted octanol–water partition coefficient (Wildman–Crippen LogP) is 16.8. The molecule has 11 aromatic carbocycles. The number of furan rings is 1. The van der Waals surface area contributed by atoms with E-state index in [0.717, 1.165) is 44.6 Å². The maximum atomic E-state index is 7.50. The van der Waals surface area contributed by atoms with Crippen LogP contribution in [0.2, 0.25) is 0 Å². The summed E-state index contributed by atoms with van der Waals surface area (Å²) < 4.78 is 7.50. The summed E-state index contributed by atoms with van der Waals surface area (Å²) in [5, 5.41) is 14.3. The molecule has 0 unspecified atom stereocenters. The van der Waals surface area contributed by atoms with Gasteiger partial charge in [-0.1, -0.05) is 178 Å². The number of hydrogen-bond acceptors (Lipinski definition) is 2. The van der Waals surface area contributed by atoms with Gasteiger partial charge in [0.25, 0.3) is 0 Å². The third-order valence-electron chi connectivity index (χ3n) is 13.6. The van der Waals surface area contributed by atoms with Crippen LogP contribution in [-0.4, -0.2) is 0 Å². The zero-order chi connectivity index (χ0) is 40.4. The first kappa shape index (κ1) is 34.2. The minimum absolute atomic E-state index is 0.165. The Kier molecular flexibility index (Phi) is 7.10. The number of fused-ring (bicyclic) bond motifs is 13. The van der Waals surface area contributed by atoms with Crippen LogP contribution in [0.3, 0.4) is 0 Å². The first-order chi connectivity index (χ1) is 30.0. The van der Waals surface area contributed by atoms with Crippen LogP contribution >= 0.6 is 0 Å². The maximum absolute atomic E-state index is 7.50. The standard InChI is InChI=1S/C59H39NO/c1-59(2)52-28-14-13-25-46(52)47-31-30-39(35-53(47)59)60(55-34-38-18-4-7-20-41(38)44-23-11-12-26-48(44)55)54-29-15-27-49-51-33-37-17-5-8-21-42(37)56(58(51)61-57(49)54)50-32-36-16-3-6-19-40(36)43-22-9-10-24-45(43)50/h3-35H,1-2H3. The zero-order valence-corrected chi connectivity index (χ0v) is 33.9. The fraction of sp³-hybridized carbons (Fsp3) is 0.0508. The summed E-state index contributed by atoms with van der Waals surface area (Å²) in [4.78, 5) is 2.46. The molecule has 0 aliphatic heterocycles. The molecule has 0 bridgehead atoms. The van der Waals surface area contributed by atoms with Gasteiger partial charge in [0.2, 0.25) is 0 Å². The van der Waals surface area contributed by atoms with E-state index in [-0.39, 0.29) is 5.41 Å². The van der Waals surface area contributed by atoms with Gasteiger partial charge < -0.3 is 9.32 Å². The van der Waals surface area contributed by atoms with Crippen molar-refractivity contribution in [2.24, 2.45) is 0 Å². The second kappa shape index (κ2) is 12.7. The Labute approximate surface area is 353 Å². The monoisotopic (exact) mass is 777 g/mol. The van der Waals surface area contributed by atoms with Crippen molar-refractivity contribution >= 4 is 92.9 Å². The van der Waals surface area contributed by atoms with Crippen molar-refractivity contribution in [3.8, 4) is 22.3 Å². The molecule has 1 aliphatic rings. The molecule has 0 amide bonds. The molecule has 0 saturated heterocycles. The van der Waals surface area contributed by atoms with Gasteiger partial charge in [0, 0.05) is 32.8 Å². The Bertz CT molecular complexity index is 3810. The molecule has 0 radical (unpaired) electrons. The second-order valence-corrected chi connectivity index (χ2v) is 17.2. The van der Waals surface area contributed by atoms with Crippen LogP contribution in [0.5, 0.6) is 0 Å². The number of benzene rings is 11. The molecule has 1 aliphatic carbocycles. The van der Waals surface area contributed by atoms with E-state index in [2.05, 4.69) is 219 Å². The van der Waals surface area contributed by atoms with Gasteiger partial charge in [0.05, 0.1) is 11.4 Å². The Balaban J connectivity index is 1.15. The minimum Gasteiger partial charge on any atom is -0.453 e. The summed E-state index contributed by atoms with van der Waals surface area (Å²) >= 11 is 0. The number of nitrogens with zero attached hydrogens (tertiary/aromatic N) is 1. The molecule has 12 aromatic rings. The average Bonchev–Trinajstić information content (AvgIpc) is 3.79. The fourth-order valence-corrected chi connectivity index (χ4v) is 10.7. The van der Waals surface area contributed by atoms with Crippen molar-refractivity contribution in [1.82, 2.24) is 0 Å². The second-order valence-electron chi connectivity index (χ2n) is 17.2. The van der Waals surface area contributed by atoms with Crippen LogP contribution in [-0.2, 0) is 5.41 Å². The molecule has 2 nitrogen and oxygen atoms in total. The van der Waals surface area contributed by atoms with E-state index in [9.17, 15) is 0 Å². The van der Waals surface area contributed by atoms with Gasteiger partial charge in [-0.25, -0.2) is 0 Å². The lowest BCUT2D eigenvalue weighted by Crippen LogP contribution is -2.16. The van der Waals surface area contributed by atoms with Crippen molar-refractivity contribution in [1.29, 1.82) is 0 Å². The quantitative estimate of drug-likeness (QED) is 0.166. The molecule has 0 N–H and O–H groups in total. The lowest BCUT2D eigenvalue weighted by atomic mass is 9.82. The molecule has 61 heavy (non-hydrogen) atoms. The van der Waals surface area contributed by atoms with Crippen molar-refractivity contribution in [3.63, 3.8) is 0 Å². The van der Waals surface area contributed by atoms with E-state index >= 15 is 0 Å². The van der Waals surface area contributed by atoms with E-state index in [4.69, 9.17) is 4.42 Å². The predicted molar refractivity (Wildman–Crippen MR) is 259 cm³/mol. The van der Waals surface area contributed by atoms with Crippen molar-refractivity contribution < 1.29 is 4.42 Å². The number of anilines is 3. The Morgan fingerprint density at radius 3 is 1.66 bits per heavy atom. The van der Waals surface area contributed by atoms with E-state index < -0.39 is 0 Å². The molecule has 286 valence electrons. The highest BCUT2D eigenvalue weighted by Gasteiger charge is 2.36. The fourth-order valence-electron chi connectivity index (χ4n) is 10.7. The van der Waals surface area contributed by atoms with Crippen LogP contribution in [0, 0.1) is 0 Å². The average molecular weight is 778 g/mol. The molecule has 1 aromatic heterocycles. The molecule has 0 atom stereocenters. The molecular weight excluding hydrogens is 739 g/mol. The van der Waals surface area contributed by atoms with Crippen LogP contribution in [0.25, 0.3) is 98.1 Å². The third-order valence-corrected chi connectivity index (χ3v) is 13.6. The SMILES string of the molecule is CC1(C)c2ccccc2-c2ccc(N(c3cc4ccccc4c4ccccc34)c3cccc4c3oc3c(-c5cc6ccccc6c6ccccc56)c5ccccc5cc34)cc21. The first-order valence-electron chi connectivity index (χ1n) is 21.3. The van der Waals surface area contributed by atoms with Gasteiger partial charge >= 0.3 is 0 Å². The number of rotatable bonds is 4. The van der Waals surface area contributed by atoms with Crippen molar-refractivity contribution in [2.45, 2.75) is 19.3 Å². The summed E-state index contributed by atoms with van der Waals surface area (Å²) in [5.74, 6) is 0. The van der Waals surface area contributed by atoms with Gasteiger partial charge in [-0.3, -0.25) is 0 Å². The van der Waals surface area contributed by atoms with Gasteiger partial charge in [0.15, 0.2) is 5.58 Å². The molecular formula is C59H39NO. The Morgan fingerprint density at radius 1 is 0.344 bits per heavy atom. The molecule has 0 fully saturated rings. The lowest BCUT2D eigenvalue weighted by Gasteiger charge is -2.29. The number of hydrogen-bond donors (Lipinski definition) is 0. The molecule has 13 rings (SSSR count). The molecule has 2 heteroatoms. The molecule has 0 saturated carbocycles. The van der Waals surface area contributed by atoms with Gasteiger partial charge in [-0.05, 0) is 113 Å². The van der Waals surface area contributed by atoms with Gasteiger partial charge in [0.1, 0.15) is 5.58 Å². The Morgan fingerprint density at radius 2 is 0.902 bits per heavy atom. The van der Waals surface area contributed by atoms with Gasteiger partial charge in [-0.15, -0.1) is 0 Å². The first-order valence-corrected chi connectivity index (χ1v) is 21.3. The zero-order valence-electron chi connectivity index (χ0n) is 33.9. The van der Waals surface area contributed by atoms with Crippen LogP contribution in [0.1, 0.15) is 25.0 Å². The van der Waals surface area contributed by atoms with Crippen LogP contribution in [0.15, 0.2) is 205 Å². The Hall–Kier alpha value is -7.68. The summed E-state index contributed by atoms with van der Waals surface area (Å²) in [6.07, 6.45) is 0. The van der Waals surface area contributed by atoms with Crippen LogP contribution < -0.4 is 4.90 Å². The van der Waals surface area contributed by atoms with E-state index in [1.54, 1.807) is 0 Å². The normalized spacial score (nSPS) is 13.2. The number of para-hydroxylation sites is 1. The summed E-state index contributed by atoms with van der Waals surface area (Å²) in [5.41, 5.74) is 12.4. The smallest absolute Gasteiger partial charge is 0.159 e. The molecule has 1 heterocycles. The van der Waals surface area contributed by atoms with E-state index in [0.29, 0.717) is 0 Å². The maximum Gasteiger partial charge on any atom is 0.159 e. The third kappa shape index (κ3) is 4.85. The van der Waals surface area contributed by atoms with E-state index in [1.807, 2.05) is 0 Å². The summed E-state index contributed by atoms with van der Waals surface area (Å²) in [7, 11) is 0. The highest BCUT2D eigenvalue weighted by Crippen LogP contribution is 2.53. The van der Waals surface area contributed by atoms with E-state index in [1.165, 1.54) is 81.7 Å².